The largest absolute Gasteiger partial charge is 0.525 e. The van der Waals surface area contributed by atoms with Crippen LogP contribution in [0.1, 0.15) is 58.9 Å². The molecule has 0 spiro atoms. The molecule has 3 rings (SSSR count). The van der Waals surface area contributed by atoms with Gasteiger partial charge in [-0.25, -0.2) is 4.39 Å². The van der Waals surface area contributed by atoms with Gasteiger partial charge in [0, 0.05) is 0 Å². The Morgan fingerprint density at radius 2 is 1.50 bits per heavy atom. The molecule has 1 aromatic carbocycles. The topological polar surface area (TPSA) is 18.5 Å². The van der Waals surface area contributed by atoms with E-state index in [-0.39, 0.29) is 5.73 Å². The maximum absolute atomic E-state index is 14.8. The van der Waals surface area contributed by atoms with E-state index in [1.54, 1.807) is 0 Å². The van der Waals surface area contributed by atoms with E-state index >= 15 is 0 Å². The molecule has 128 valence electrons. The highest BCUT2D eigenvalue weighted by Crippen LogP contribution is 2.41. The maximum atomic E-state index is 14.8. The third-order valence-corrected chi connectivity index (χ3v) is 5.46. The molecule has 1 heterocycles. The monoisotopic (exact) mass is 328 g/mol. The standard InChI is InChI=1S/C20H26BFO2/c1-19(2)20(3,4)24-21(23-19)18(22)17-12-10-16(11-13-17)14-15-8-6-5-7-9-15/h5-9,14H,10-13H2,1-4H3. The third kappa shape index (κ3) is 3.50. The molecular formula is C20H26BFO2. The quantitative estimate of drug-likeness (QED) is 0.668. The molecule has 0 atom stereocenters. The van der Waals surface area contributed by atoms with Crippen molar-refractivity contribution >= 4 is 13.2 Å². The highest BCUT2D eigenvalue weighted by molar-refractivity contribution is 6.53. The molecule has 24 heavy (non-hydrogen) atoms. The fourth-order valence-electron chi connectivity index (χ4n) is 3.15. The summed E-state index contributed by atoms with van der Waals surface area (Å²) in [7, 11) is -0.857. The highest BCUT2D eigenvalue weighted by atomic mass is 19.1. The Morgan fingerprint density at radius 3 is 2.04 bits per heavy atom. The van der Waals surface area contributed by atoms with Crippen LogP contribution in [0.2, 0.25) is 0 Å². The summed E-state index contributed by atoms with van der Waals surface area (Å²) in [6.45, 7) is 7.80. The minimum atomic E-state index is -0.857. The van der Waals surface area contributed by atoms with Gasteiger partial charge in [0.1, 0.15) is 5.73 Å². The number of halogens is 1. The van der Waals surface area contributed by atoms with Crippen LogP contribution in [-0.2, 0) is 9.31 Å². The predicted molar refractivity (Wildman–Crippen MR) is 97.1 cm³/mol. The summed E-state index contributed by atoms with van der Waals surface area (Å²) < 4.78 is 26.5. The zero-order valence-electron chi connectivity index (χ0n) is 15.1. The van der Waals surface area contributed by atoms with Gasteiger partial charge in [-0.2, -0.15) is 0 Å². The van der Waals surface area contributed by atoms with E-state index in [1.807, 2.05) is 45.9 Å². The molecule has 2 nitrogen and oxygen atoms in total. The van der Waals surface area contributed by atoms with Crippen molar-refractivity contribution in [3.8, 4) is 0 Å². The van der Waals surface area contributed by atoms with Crippen LogP contribution in [0.5, 0.6) is 0 Å². The van der Waals surface area contributed by atoms with Gasteiger partial charge in [0.2, 0.25) is 0 Å². The molecule has 0 amide bonds. The van der Waals surface area contributed by atoms with Gasteiger partial charge in [-0.05, 0) is 64.5 Å². The molecule has 0 N–H and O–H groups in total. The molecule has 2 aliphatic rings. The van der Waals surface area contributed by atoms with Crippen LogP contribution < -0.4 is 0 Å². The first-order chi connectivity index (χ1) is 11.3. The Kier molecular flexibility index (Phi) is 4.72. The van der Waals surface area contributed by atoms with Gasteiger partial charge in [-0.15, -0.1) is 0 Å². The average Bonchev–Trinajstić information content (AvgIpc) is 2.76. The normalized spacial score (nSPS) is 22.6. The van der Waals surface area contributed by atoms with Crippen molar-refractivity contribution in [2.24, 2.45) is 0 Å². The van der Waals surface area contributed by atoms with Crippen molar-refractivity contribution in [2.75, 3.05) is 0 Å². The lowest BCUT2D eigenvalue weighted by Crippen LogP contribution is -2.41. The van der Waals surface area contributed by atoms with Crippen LogP contribution in [0.3, 0.4) is 0 Å². The van der Waals surface area contributed by atoms with Gasteiger partial charge in [-0.1, -0.05) is 42.0 Å². The van der Waals surface area contributed by atoms with Gasteiger partial charge >= 0.3 is 7.12 Å². The fourth-order valence-corrected chi connectivity index (χ4v) is 3.15. The molecule has 1 aliphatic heterocycles. The lowest BCUT2D eigenvalue weighted by Gasteiger charge is -2.32. The number of hydrogen-bond donors (Lipinski definition) is 0. The molecule has 0 unspecified atom stereocenters. The van der Waals surface area contributed by atoms with E-state index < -0.39 is 18.3 Å². The Balaban J connectivity index is 1.68. The Hall–Kier alpha value is -1.39. The van der Waals surface area contributed by atoms with Crippen LogP contribution in [-0.4, -0.2) is 18.3 Å². The summed E-state index contributed by atoms with van der Waals surface area (Å²) in [5.74, 6) is 0. The lowest BCUT2D eigenvalue weighted by molar-refractivity contribution is 0.00578. The van der Waals surface area contributed by atoms with Gasteiger partial charge < -0.3 is 9.31 Å². The minimum Gasteiger partial charge on any atom is -0.398 e. The Labute approximate surface area is 144 Å². The van der Waals surface area contributed by atoms with E-state index in [0.29, 0.717) is 0 Å². The number of benzene rings is 1. The van der Waals surface area contributed by atoms with Crippen molar-refractivity contribution in [1.29, 1.82) is 0 Å². The van der Waals surface area contributed by atoms with E-state index in [0.717, 1.165) is 31.3 Å². The van der Waals surface area contributed by atoms with Crippen molar-refractivity contribution in [2.45, 2.75) is 64.6 Å². The van der Waals surface area contributed by atoms with E-state index in [2.05, 4.69) is 18.2 Å². The molecular weight excluding hydrogens is 302 g/mol. The van der Waals surface area contributed by atoms with Crippen LogP contribution in [0.25, 0.3) is 6.08 Å². The molecule has 1 saturated carbocycles. The van der Waals surface area contributed by atoms with Crippen molar-refractivity contribution in [3.05, 3.63) is 52.8 Å². The summed E-state index contributed by atoms with van der Waals surface area (Å²) >= 11 is 0. The smallest absolute Gasteiger partial charge is 0.398 e. The summed E-state index contributed by atoms with van der Waals surface area (Å²) in [5.41, 5.74) is 2.23. The van der Waals surface area contributed by atoms with Crippen molar-refractivity contribution in [3.63, 3.8) is 0 Å². The molecule has 1 saturated heterocycles. The molecule has 0 aromatic heterocycles. The van der Waals surface area contributed by atoms with Gasteiger partial charge in [0.05, 0.1) is 11.2 Å². The fraction of sp³-hybridized carbons (Fsp3) is 0.500. The second-order valence-corrected chi connectivity index (χ2v) is 7.75. The Morgan fingerprint density at radius 1 is 0.958 bits per heavy atom. The second kappa shape index (κ2) is 6.49. The SMILES string of the molecule is CC1(C)OB(C(F)=C2CCC(=Cc3ccccc3)CC2)OC1(C)C. The summed E-state index contributed by atoms with van der Waals surface area (Å²) in [4.78, 5) is 0. The number of allylic oxidation sites excluding steroid dienone is 2. The first-order valence-corrected chi connectivity index (χ1v) is 8.76. The second-order valence-electron chi connectivity index (χ2n) is 7.75. The number of rotatable bonds is 2. The summed E-state index contributed by atoms with van der Waals surface area (Å²) in [6, 6.07) is 10.3. The van der Waals surface area contributed by atoms with E-state index in [1.165, 1.54) is 11.1 Å². The van der Waals surface area contributed by atoms with Crippen LogP contribution in [0, 0.1) is 0 Å². The van der Waals surface area contributed by atoms with Crippen molar-refractivity contribution < 1.29 is 13.7 Å². The van der Waals surface area contributed by atoms with E-state index in [9.17, 15) is 4.39 Å². The highest BCUT2D eigenvalue weighted by Gasteiger charge is 2.53. The van der Waals surface area contributed by atoms with Crippen LogP contribution in [0.15, 0.2) is 47.2 Å². The summed E-state index contributed by atoms with van der Waals surface area (Å²) in [6.07, 6.45) is 5.51. The summed E-state index contributed by atoms with van der Waals surface area (Å²) in [5, 5.41) is 0. The Bertz CT molecular complexity index is 633. The van der Waals surface area contributed by atoms with E-state index in [4.69, 9.17) is 9.31 Å². The van der Waals surface area contributed by atoms with Crippen LogP contribution >= 0.6 is 0 Å². The van der Waals surface area contributed by atoms with Crippen molar-refractivity contribution in [1.82, 2.24) is 0 Å². The average molecular weight is 328 g/mol. The third-order valence-electron chi connectivity index (χ3n) is 5.46. The van der Waals surface area contributed by atoms with Gasteiger partial charge in [-0.3, -0.25) is 0 Å². The number of hydrogen-bond acceptors (Lipinski definition) is 2. The van der Waals surface area contributed by atoms with Gasteiger partial charge in [0.25, 0.3) is 0 Å². The first kappa shape index (κ1) is 17.4. The zero-order chi connectivity index (χ0) is 17.4. The first-order valence-electron chi connectivity index (χ1n) is 8.76. The van der Waals surface area contributed by atoms with Crippen LogP contribution in [0.4, 0.5) is 4.39 Å². The molecule has 1 aliphatic carbocycles. The minimum absolute atomic E-state index is 0.215. The lowest BCUT2D eigenvalue weighted by atomic mass is 9.79. The molecule has 2 fully saturated rings. The molecule has 1 aromatic rings. The molecule has 0 radical (unpaired) electrons. The van der Waals surface area contributed by atoms with Gasteiger partial charge in [0.15, 0.2) is 0 Å². The molecule has 0 bridgehead atoms. The predicted octanol–water partition coefficient (Wildman–Crippen LogP) is 5.50. The zero-order valence-corrected chi connectivity index (χ0v) is 15.1. The maximum Gasteiger partial charge on any atom is 0.525 e. The molecule has 4 heteroatoms.